The highest BCUT2D eigenvalue weighted by atomic mass is 79.9. The molecular weight excluding hydrogens is 280 g/mol. The average Bonchev–Trinajstić information content (AvgIpc) is 2.20. The molecule has 1 unspecified atom stereocenters. The van der Waals surface area contributed by atoms with Gasteiger partial charge in [-0.3, -0.25) is 4.79 Å². The van der Waals surface area contributed by atoms with E-state index in [9.17, 15) is 4.79 Å². The van der Waals surface area contributed by atoms with Crippen LogP contribution in [-0.2, 0) is 4.79 Å². The molecule has 1 aromatic rings. The van der Waals surface area contributed by atoms with Crippen LogP contribution in [0.4, 0.5) is 0 Å². The van der Waals surface area contributed by atoms with Crippen molar-refractivity contribution in [3.05, 3.63) is 22.8 Å². The Kier molecular flexibility index (Phi) is 5.07. The first-order valence-electron chi connectivity index (χ1n) is 4.33. The molecule has 0 aliphatic rings. The molecule has 1 rings (SSSR count). The average molecular weight is 291 g/mol. The van der Waals surface area contributed by atoms with E-state index in [4.69, 9.17) is 10.8 Å². The lowest BCUT2D eigenvalue weighted by Gasteiger charge is -2.06. The highest BCUT2D eigenvalue weighted by molar-refractivity contribution is 9.10. The number of hydrogen-bond acceptors (Lipinski definition) is 4. The van der Waals surface area contributed by atoms with Crippen molar-refractivity contribution in [2.24, 2.45) is 5.73 Å². The molecule has 0 aromatic carbocycles. The summed E-state index contributed by atoms with van der Waals surface area (Å²) in [5.41, 5.74) is 5.37. The van der Waals surface area contributed by atoms with Crippen LogP contribution in [0.3, 0.4) is 0 Å². The summed E-state index contributed by atoms with van der Waals surface area (Å²) in [5.74, 6) is -0.320. The molecule has 15 heavy (non-hydrogen) atoms. The number of halogens is 1. The molecule has 0 saturated heterocycles. The maximum Gasteiger partial charge on any atom is 0.320 e. The molecule has 6 heteroatoms. The number of pyridine rings is 1. The van der Waals surface area contributed by atoms with E-state index in [1.165, 1.54) is 11.8 Å². The highest BCUT2D eigenvalue weighted by Crippen LogP contribution is 2.25. The Morgan fingerprint density at radius 1 is 1.73 bits per heavy atom. The predicted molar refractivity (Wildman–Crippen MR) is 62.9 cm³/mol. The number of nitrogens with zero attached hydrogens (tertiary/aromatic N) is 1. The van der Waals surface area contributed by atoms with Crippen molar-refractivity contribution < 1.29 is 9.90 Å². The summed E-state index contributed by atoms with van der Waals surface area (Å²) in [6.45, 7) is 0. The fourth-order valence-corrected chi connectivity index (χ4v) is 2.39. The maximum absolute atomic E-state index is 10.4. The molecule has 0 spiro atoms. The minimum absolute atomic E-state index is 0.434. The largest absolute Gasteiger partial charge is 0.480 e. The van der Waals surface area contributed by atoms with E-state index in [0.717, 1.165) is 9.50 Å². The van der Waals surface area contributed by atoms with E-state index in [-0.39, 0.29) is 0 Å². The van der Waals surface area contributed by atoms with Crippen LogP contribution in [0.2, 0.25) is 0 Å². The molecule has 0 aliphatic carbocycles. The smallest absolute Gasteiger partial charge is 0.320 e. The molecule has 3 N–H and O–H groups in total. The number of aliphatic carboxylic acids is 1. The van der Waals surface area contributed by atoms with E-state index in [1.54, 1.807) is 6.20 Å². The SMILES string of the molecule is NC(CCSc1ncccc1Br)C(=O)O. The second kappa shape index (κ2) is 6.09. The van der Waals surface area contributed by atoms with E-state index < -0.39 is 12.0 Å². The van der Waals surface area contributed by atoms with Gasteiger partial charge in [0.15, 0.2) is 0 Å². The Hall–Kier alpha value is -0.590. The molecule has 82 valence electrons. The van der Waals surface area contributed by atoms with Gasteiger partial charge in [0.05, 0.1) is 0 Å². The molecule has 1 heterocycles. The van der Waals surface area contributed by atoms with Gasteiger partial charge in [0.1, 0.15) is 11.1 Å². The zero-order valence-corrected chi connectivity index (χ0v) is 10.3. The van der Waals surface area contributed by atoms with E-state index in [2.05, 4.69) is 20.9 Å². The number of carbonyl (C=O) groups is 1. The molecule has 0 aliphatic heterocycles. The van der Waals surface area contributed by atoms with Gasteiger partial charge < -0.3 is 10.8 Å². The van der Waals surface area contributed by atoms with Gasteiger partial charge in [-0.2, -0.15) is 0 Å². The van der Waals surface area contributed by atoms with Crippen LogP contribution in [0.15, 0.2) is 27.8 Å². The number of thioether (sulfide) groups is 1. The zero-order chi connectivity index (χ0) is 11.3. The molecule has 0 fully saturated rings. The minimum Gasteiger partial charge on any atom is -0.480 e. The van der Waals surface area contributed by atoms with Gasteiger partial charge in [0.2, 0.25) is 0 Å². The third-order valence-corrected chi connectivity index (χ3v) is 3.65. The first-order chi connectivity index (χ1) is 7.11. The van der Waals surface area contributed by atoms with E-state index >= 15 is 0 Å². The summed E-state index contributed by atoms with van der Waals surface area (Å²) in [6.07, 6.45) is 2.13. The molecule has 4 nitrogen and oxygen atoms in total. The standard InChI is InChI=1S/C9H11BrN2O2S/c10-6-2-1-4-12-8(6)15-5-3-7(11)9(13)14/h1-2,4,7H,3,5,11H2,(H,13,14). The Bertz CT molecular complexity index is 349. The van der Waals surface area contributed by atoms with Crippen molar-refractivity contribution in [1.82, 2.24) is 4.98 Å². The fourth-order valence-electron chi connectivity index (χ4n) is 0.883. The van der Waals surface area contributed by atoms with Crippen molar-refractivity contribution in [2.75, 3.05) is 5.75 Å². The second-order valence-corrected chi connectivity index (χ2v) is 4.81. The lowest BCUT2D eigenvalue weighted by molar-refractivity contribution is -0.138. The number of aromatic nitrogens is 1. The number of carboxylic acid groups (broad SMARTS) is 1. The molecule has 0 bridgehead atoms. The van der Waals surface area contributed by atoms with Crippen molar-refractivity contribution in [2.45, 2.75) is 17.5 Å². The van der Waals surface area contributed by atoms with Gasteiger partial charge in [0, 0.05) is 16.4 Å². The predicted octanol–water partition coefficient (Wildman–Crippen LogP) is 1.74. The third kappa shape index (κ3) is 4.19. The van der Waals surface area contributed by atoms with Gasteiger partial charge in [0.25, 0.3) is 0 Å². The number of hydrogen-bond donors (Lipinski definition) is 2. The summed E-state index contributed by atoms with van der Waals surface area (Å²) in [5, 5.41) is 9.43. The number of rotatable bonds is 5. The second-order valence-electron chi connectivity index (χ2n) is 2.87. The van der Waals surface area contributed by atoms with Crippen molar-refractivity contribution in [3.8, 4) is 0 Å². The van der Waals surface area contributed by atoms with Crippen molar-refractivity contribution in [3.63, 3.8) is 0 Å². The summed E-state index contributed by atoms with van der Waals surface area (Å²) in [4.78, 5) is 14.6. The fraction of sp³-hybridized carbons (Fsp3) is 0.333. The van der Waals surface area contributed by atoms with Crippen LogP contribution in [0.25, 0.3) is 0 Å². The Labute approximate surface area is 100 Å². The van der Waals surface area contributed by atoms with Gasteiger partial charge in [-0.1, -0.05) is 0 Å². The topological polar surface area (TPSA) is 76.2 Å². The molecule has 0 saturated carbocycles. The zero-order valence-electron chi connectivity index (χ0n) is 7.89. The monoisotopic (exact) mass is 290 g/mol. The van der Waals surface area contributed by atoms with Crippen molar-refractivity contribution in [1.29, 1.82) is 0 Å². The minimum atomic E-state index is -0.962. The summed E-state index contributed by atoms with van der Waals surface area (Å²) in [7, 11) is 0. The van der Waals surface area contributed by atoms with Crippen LogP contribution in [0, 0.1) is 0 Å². The maximum atomic E-state index is 10.4. The van der Waals surface area contributed by atoms with Gasteiger partial charge in [-0.05, 0) is 34.5 Å². The number of carboxylic acids is 1. The Morgan fingerprint density at radius 2 is 2.47 bits per heavy atom. The highest BCUT2D eigenvalue weighted by Gasteiger charge is 2.11. The normalized spacial score (nSPS) is 12.4. The molecule has 1 aromatic heterocycles. The van der Waals surface area contributed by atoms with Crippen LogP contribution in [0.1, 0.15) is 6.42 Å². The summed E-state index contributed by atoms with van der Waals surface area (Å²) < 4.78 is 0.916. The molecule has 0 amide bonds. The van der Waals surface area contributed by atoms with Gasteiger partial charge >= 0.3 is 5.97 Å². The van der Waals surface area contributed by atoms with Crippen molar-refractivity contribution >= 4 is 33.7 Å². The first-order valence-corrected chi connectivity index (χ1v) is 6.11. The first kappa shape index (κ1) is 12.5. The summed E-state index contributed by atoms with van der Waals surface area (Å²) in [6, 6.07) is 2.93. The van der Waals surface area contributed by atoms with Gasteiger partial charge in [-0.15, -0.1) is 11.8 Å². The lowest BCUT2D eigenvalue weighted by atomic mass is 10.2. The van der Waals surface area contributed by atoms with Crippen LogP contribution in [-0.4, -0.2) is 27.9 Å². The number of nitrogens with two attached hydrogens (primary N) is 1. The third-order valence-electron chi connectivity index (χ3n) is 1.71. The van der Waals surface area contributed by atoms with E-state index in [0.29, 0.717) is 12.2 Å². The molecule has 1 atom stereocenters. The van der Waals surface area contributed by atoms with Crippen LogP contribution < -0.4 is 5.73 Å². The van der Waals surface area contributed by atoms with E-state index in [1.807, 2.05) is 12.1 Å². The summed E-state index contributed by atoms with van der Waals surface area (Å²) >= 11 is 4.85. The van der Waals surface area contributed by atoms with Gasteiger partial charge in [-0.25, -0.2) is 4.98 Å². The Balaban J connectivity index is 2.38. The molecule has 0 radical (unpaired) electrons. The van der Waals surface area contributed by atoms with Crippen LogP contribution >= 0.6 is 27.7 Å². The molecular formula is C9H11BrN2O2S. The lowest BCUT2D eigenvalue weighted by Crippen LogP contribution is -2.30. The quantitative estimate of drug-likeness (QED) is 0.808. The Morgan fingerprint density at radius 3 is 3.07 bits per heavy atom. The van der Waals surface area contributed by atoms with Crippen LogP contribution in [0.5, 0.6) is 0 Å².